The minimum atomic E-state index is -0.452. The predicted octanol–water partition coefficient (Wildman–Crippen LogP) is 2.45. The van der Waals surface area contributed by atoms with Gasteiger partial charge in [-0.15, -0.1) is 0 Å². The van der Waals surface area contributed by atoms with Crippen molar-refractivity contribution in [2.24, 2.45) is 0 Å². The predicted molar refractivity (Wildman–Crippen MR) is 66.9 cm³/mol. The lowest BCUT2D eigenvalue weighted by Gasteiger charge is -2.09. The molecule has 0 spiro atoms. The van der Waals surface area contributed by atoms with Gasteiger partial charge in [-0.2, -0.15) is 0 Å². The van der Waals surface area contributed by atoms with Gasteiger partial charge in [0.1, 0.15) is 5.75 Å². The zero-order chi connectivity index (χ0) is 12.5. The smallest absolute Gasteiger partial charge is 0.222 e. The van der Waals surface area contributed by atoms with Gasteiger partial charge >= 0.3 is 0 Å². The molecule has 3 heteroatoms. The quantitative estimate of drug-likeness (QED) is 0.578. The Labute approximate surface area is 103 Å². The molecule has 3 nitrogen and oxygen atoms in total. The maximum atomic E-state index is 5.33. The molecule has 0 N–H and O–H groups in total. The first-order chi connectivity index (χ1) is 8.30. The van der Waals surface area contributed by atoms with E-state index in [9.17, 15) is 0 Å². The summed E-state index contributed by atoms with van der Waals surface area (Å²) in [6.07, 6.45) is -0.452. The molecule has 0 aliphatic rings. The number of benzene rings is 1. The zero-order valence-electron chi connectivity index (χ0n) is 10.5. The third-order valence-corrected chi connectivity index (χ3v) is 2.06. The van der Waals surface area contributed by atoms with Gasteiger partial charge in [-0.25, -0.2) is 0 Å². The first kappa shape index (κ1) is 13.6. The maximum absolute atomic E-state index is 5.33. The van der Waals surface area contributed by atoms with Gasteiger partial charge in [0, 0.05) is 18.8 Å². The summed E-state index contributed by atoms with van der Waals surface area (Å²) in [7, 11) is 1.64. The SMILES string of the molecule is CCOC(C#Cc1ccc(OC)cc1)OCC. The van der Waals surface area contributed by atoms with Crippen LogP contribution in [0.3, 0.4) is 0 Å². The highest BCUT2D eigenvalue weighted by Gasteiger charge is 2.01. The Hall–Kier alpha value is -1.50. The van der Waals surface area contributed by atoms with Crippen LogP contribution in [0.4, 0.5) is 0 Å². The summed E-state index contributed by atoms with van der Waals surface area (Å²) >= 11 is 0. The van der Waals surface area contributed by atoms with Crippen molar-refractivity contribution in [2.45, 2.75) is 20.1 Å². The highest BCUT2D eigenvalue weighted by Crippen LogP contribution is 2.10. The third-order valence-electron chi connectivity index (χ3n) is 2.06. The van der Waals surface area contributed by atoms with E-state index >= 15 is 0 Å². The summed E-state index contributed by atoms with van der Waals surface area (Å²) in [6, 6.07) is 7.56. The largest absolute Gasteiger partial charge is 0.497 e. The molecule has 1 aromatic rings. The van der Waals surface area contributed by atoms with E-state index < -0.39 is 6.29 Å². The van der Waals surface area contributed by atoms with Crippen LogP contribution in [-0.2, 0) is 9.47 Å². The van der Waals surface area contributed by atoms with E-state index in [1.54, 1.807) is 7.11 Å². The van der Waals surface area contributed by atoms with Gasteiger partial charge in [0.25, 0.3) is 0 Å². The monoisotopic (exact) mass is 234 g/mol. The van der Waals surface area contributed by atoms with Crippen molar-refractivity contribution in [1.82, 2.24) is 0 Å². The molecule has 0 atom stereocenters. The molecule has 0 aliphatic heterocycles. The Bertz CT molecular complexity index is 367. The van der Waals surface area contributed by atoms with Crippen molar-refractivity contribution in [1.29, 1.82) is 0 Å². The van der Waals surface area contributed by atoms with E-state index in [1.165, 1.54) is 0 Å². The van der Waals surface area contributed by atoms with E-state index in [2.05, 4.69) is 11.8 Å². The molecular weight excluding hydrogens is 216 g/mol. The van der Waals surface area contributed by atoms with Crippen LogP contribution >= 0.6 is 0 Å². The highest BCUT2D eigenvalue weighted by molar-refractivity contribution is 5.38. The van der Waals surface area contributed by atoms with Crippen molar-refractivity contribution in [3.05, 3.63) is 29.8 Å². The van der Waals surface area contributed by atoms with Crippen molar-refractivity contribution in [2.75, 3.05) is 20.3 Å². The second kappa shape index (κ2) is 7.72. The Kier molecular flexibility index (Phi) is 6.16. The summed E-state index contributed by atoms with van der Waals surface area (Å²) in [4.78, 5) is 0. The minimum absolute atomic E-state index is 0.452. The highest BCUT2D eigenvalue weighted by atomic mass is 16.7. The van der Waals surface area contributed by atoms with Gasteiger partial charge in [0.15, 0.2) is 0 Å². The molecule has 0 unspecified atom stereocenters. The molecule has 0 fully saturated rings. The van der Waals surface area contributed by atoms with Crippen LogP contribution in [0.5, 0.6) is 5.75 Å². The molecule has 0 heterocycles. The Morgan fingerprint density at radius 2 is 1.65 bits per heavy atom. The van der Waals surface area contributed by atoms with Crippen LogP contribution in [-0.4, -0.2) is 26.6 Å². The van der Waals surface area contributed by atoms with Gasteiger partial charge in [-0.05, 0) is 44.0 Å². The van der Waals surface area contributed by atoms with Crippen LogP contribution < -0.4 is 4.74 Å². The lowest BCUT2D eigenvalue weighted by Crippen LogP contribution is -2.14. The number of hydrogen-bond acceptors (Lipinski definition) is 3. The first-order valence-corrected chi connectivity index (χ1v) is 5.69. The Morgan fingerprint density at radius 3 is 2.12 bits per heavy atom. The average molecular weight is 234 g/mol. The molecule has 0 amide bonds. The van der Waals surface area contributed by atoms with E-state index in [0.29, 0.717) is 13.2 Å². The van der Waals surface area contributed by atoms with Crippen molar-refractivity contribution >= 4 is 0 Å². The maximum Gasteiger partial charge on any atom is 0.222 e. The van der Waals surface area contributed by atoms with Crippen LogP contribution in [0.1, 0.15) is 19.4 Å². The Balaban J connectivity index is 2.66. The number of ether oxygens (including phenoxy) is 3. The minimum Gasteiger partial charge on any atom is -0.497 e. The second-order valence-electron chi connectivity index (χ2n) is 3.24. The topological polar surface area (TPSA) is 27.7 Å². The van der Waals surface area contributed by atoms with Crippen LogP contribution in [0, 0.1) is 11.8 Å². The molecule has 17 heavy (non-hydrogen) atoms. The lowest BCUT2D eigenvalue weighted by atomic mass is 10.2. The van der Waals surface area contributed by atoms with Gasteiger partial charge in [-0.1, -0.05) is 5.92 Å². The molecule has 0 aromatic heterocycles. The van der Waals surface area contributed by atoms with Gasteiger partial charge < -0.3 is 14.2 Å². The van der Waals surface area contributed by atoms with Crippen molar-refractivity contribution in [3.63, 3.8) is 0 Å². The number of methoxy groups -OCH3 is 1. The second-order valence-corrected chi connectivity index (χ2v) is 3.24. The van der Waals surface area contributed by atoms with E-state index in [0.717, 1.165) is 11.3 Å². The molecule has 92 valence electrons. The molecule has 0 saturated heterocycles. The summed E-state index contributed by atoms with van der Waals surface area (Å²) in [6.45, 7) is 5.01. The molecule has 1 rings (SSSR count). The van der Waals surface area contributed by atoms with Gasteiger partial charge in [-0.3, -0.25) is 0 Å². The van der Waals surface area contributed by atoms with E-state index in [-0.39, 0.29) is 0 Å². The van der Waals surface area contributed by atoms with E-state index in [4.69, 9.17) is 14.2 Å². The van der Waals surface area contributed by atoms with Gasteiger partial charge in [0.05, 0.1) is 7.11 Å². The fraction of sp³-hybridized carbons (Fsp3) is 0.429. The summed E-state index contributed by atoms with van der Waals surface area (Å²) in [5, 5.41) is 0. The average Bonchev–Trinajstić information content (AvgIpc) is 2.37. The Morgan fingerprint density at radius 1 is 1.06 bits per heavy atom. The summed E-state index contributed by atoms with van der Waals surface area (Å²) < 4.78 is 15.7. The number of rotatable bonds is 5. The van der Waals surface area contributed by atoms with Crippen LogP contribution in [0.15, 0.2) is 24.3 Å². The lowest BCUT2D eigenvalue weighted by molar-refractivity contribution is -0.0969. The van der Waals surface area contributed by atoms with E-state index in [1.807, 2.05) is 38.1 Å². The molecule has 0 radical (unpaired) electrons. The molecule has 0 saturated carbocycles. The third kappa shape index (κ3) is 4.90. The van der Waals surface area contributed by atoms with Crippen LogP contribution in [0.25, 0.3) is 0 Å². The fourth-order valence-electron chi connectivity index (χ4n) is 1.25. The molecule has 1 aromatic carbocycles. The zero-order valence-corrected chi connectivity index (χ0v) is 10.5. The summed E-state index contributed by atoms with van der Waals surface area (Å²) in [5.41, 5.74) is 0.912. The fourth-order valence-corrected chi connectivity index (χ4v) is 1.25. The molecule has 0 bridgehead atoms. The normalized spacial score (nSPS) is 9.88. The van der Waals surface area contributed by atoms with Gasteiger partial charge in [0.2, 0.25) is 6.29 Å². The molecular formula is C14H18O3. The number of hydrogen-bond donors (Lipinski definition) is 0. The van der Waals surface area contributed by atoms with Crippen LogP contribution in [0.2, 0.25) is 0 Å². The van der Waals surface area contributed by atoms with Crippen molar-refractivity contribution in [3.8, 4) is 17.6 Å². The van der Waals surface area contributed by atoms with Crippen molar-refractivity contribution < 1.29 is 14.2 Å². The molecule has 0 aliphatic carbocycles. The standard InChI is InChI=1S/C14H18O3/c1-4-16-14(17-5-2)11-8-12-6-9-13(15-3)10-7-12/h6-7,9-10,14H,4-5H2,1-3H3. The summed E-state index contributed by atoms with van der Waals surface area (Å²) in [5.74, 6) is 6.77. The first-order valence-electron chi connectivity index (χ1n) is 5.69.